The van der Waals surface area contributed by atoms with Gasteiger partial charge in [-0.25, -0.2) is 0 Å². The number of hydrogen-bond acceptors (Lipinski definition) is 0. The van der Waals surface area contributed by atoms with Gasteiger partial charge in [-0.05, 0) is 36.2 Å². The Hall–Kier alpha value is -1.83. The monoisotopic (exact) mass is 380 g/mol. The SMILES string of the molecule is Cl.FC(F)(F)c1cccc(P(Cc2ccccc2)c2ccccc2)c1. The van der Waals surface area contributed by atoms with E-state index in [9.17, 15) is 13.2 Å². The van der Waals surface area contributed by atoms with E-state index in [4.69, 9.17) is 0 Å². The first-order valence-electron chi connectivity index (χ1n) is 7.58. The van der Waals surface area contributed by atoms with Crippen molar-refractivity contribution in [3.63, 3.8) is 0 Å². The first-order chi connectivity index (χ1) is 11.5. The highest BCUT2D eigenvalue weighted by atomic mass is 35.5. The van der Waals surface area contributed by atoms with Crippen molar-refractivity contribution in [3.05, 3.63) is 96.1 Å². The fourth-order valence-corrected chi connectivity index (χ4v) is 4.89. The molecule has 0 bridgehead atoms. The lowest BCUT2D eigenvalue weighted by atomic mass is 10.2. The molecule has 130 valence electrons. The van der Waals surface area contributed by atoms with Gasteiger partial charge >= 0.3 is 6.18 Å². The molecule has 3 aromatic rings. The molecule has 0 aliphatic carbocycles. The molecule has 3 aromatic carbocycles. The second-order valence-corrected chi connectivity index (χ2v) is 7.66. The van der Waals surface area contributed by atoms with Crippen molar-refractivity contribution in [2.24, 2.45) is 0 Å². The van der Waals surface area contributed by atoms with Crippen LogP contribution in [0.5, 0.6) is 0 Å². The van der Waals surface area contributed by atoms with E-state index in [0.29, 0.717) is 0 Å². The second kappa shape index (κ2) is 8.51. The lowest BCUT2D eigenvalue weighted by molar-refractivity contribution is -0.137. The van der Waals surface area contributed by atoms with Gasteiger partial charge < -0.3 is 0 Å². The second-order valence-electron chi connectivity index (χ2n) is 5.46. The fourth-order valence-electron chi connectivity index (χ4n) is 2.56. The summed E-state index contributed by atoms with van der Waals surface area (Å²) in [6.45, 7) is 0. The summed E-state index contributed by atoms with van der Waals surface area (Å²) in [6.07, 6.45) is -3.60. The lowest BCUT2D eigenvalue weighted by Crippen LogP contribution is -2.16. The van der Waals surface area contributed by atoms with Crippen molar-refractivity contribution in [3.8, 4) is 0 Å². The summed E-state index contributed by atoms with van der Waals surface area (Å²) in [5, 5.41) is 1.82. The zero-order valence-electron chi connectivity index (χ0n) is 13.3. The Morgan fingerprint density at radius 3 is 1.84 bits per heavy atom. The third-order valence-corrected chi connectivity index (χ3v) is 6.24. The number of halogens is 4. The summed E-state index contributed by atoms with van der Waals surface area (Å²) < 4.78 is 39.2. The van der Waals surface area contributed by atoms with Crippen LogP contribution in [0.4, 0.5) is 13.2 Å². The van der Waals surface area contributed by atoms with E-state index in [-0.39, 0.29) is 12.4 Å². The van der Waals surface area contributed by atoms with E-state index in [1.54, 1.807) is 6.07 Å². The van der Waals surface area contributed by atoms with Crippen molar-refractivity contribution in [2.75, 3.05) is 0 Å². The zero-order chi connectivity index (χ0) is 17.0. The molecular formula is C20H17ClF3P. The maximum Gasteiger partial charge on any atom is 0.416 e. The highest BCUT2D eigenvalue weighted by molar-refractivity contribution is 7.72. The number of hydrogen-bond donors (Lipinski definition) is 0. The summed E-state index contributed by atoms with van der Waals surface area (Å²) >= 11 is 0. The third-order valence-electron chi connectivity index (χ3n) is 3.74. The van der Waals surface area contributed by atoms with Gasteiger partial charge in [0.15, 0.2) is 0 Å². The van der Waals surface area contributed by atoms with Crippen LogP contribution in [-0.2, 0) is 12.3 Å². The van der Waals surface area contributed by atoms with Crippen LogP contribution in [-0.4, -0.2) is 0 Å². The van der Waals surface area contributed by atoms with E-state index in [1.165, 1.54) is 12.1 Å². The molecule has 1 atom stereocenters. The van der Waals surface area contributed by atoms with Crippen LogP contribution in [0.15, 0.2) is 84.9 Å². The lowest BCUT2D eigenvalue weighted by Gasteiger charge is -2.20. The number of benzene rings is 3. The Morgan fingerprint density at radius 2 is 1.24 bits per heavy atom. The topological polar surface area (TPSA) is 0 Å². The Balaban J connectivity index is 0.00000225. The van der Waals surface area contributed by atoms with Crippen LogP contribution in [0.2, 0.25) is 0 Å². The van der Waals surface area contributed by atoms with Crippen molar-refractivity contribution in [1.82, 2.24) is 0 Å². The number of alkyl halides is 3. The molecule has 3 rings (SSSR count). The van der Waals surface area contributed by atoms with Crippen molar-refractivity contribution >= 4 is 30.9 Å². The van der Waals surface area contributed by atoms with Crippen molar-refractivity contribution in [2.45, 2.75) is 12.3 Å². The Morgan fingerprint density at radius 1 is 0.680 bits per heavy atom. The van der Waals surface area contributed by atoms with Crippen LogP contribution < -0.4 is 10.6 Å². The normalized spacial score (nSPS) is 12.3. The molecule has 5 heteroatoms. The van der Waals surface area contributed by atoms with Gasteiger partial charge in [-0.1, -0.05) is 72.8 Å². The molecular weight excluding hydrogens is 364 g/mol. The molecule has 0 nitrogen and oxygen atoms in total. The molecule has 25 heavy (non-hydrogen) atoms. The Kier molecular flexibility index (Phi) is 6.64. The highest BCUT2D eigenvalue weighted by Gasteiger charge is 2.31. The van der Waals surface area contributed by atoms with Crippen LogP contribution in [0.25, 0.3) is 0 Å². The number of rotatable bonds is 4. The minimum atomic E-state index is -4.32. The van der Waals surface area contributed by atoms with E-state index >= 15 is 0 Å². The molecule has 0 saturated heterocycles. The Labute approximate surface area is 152 Å². The molecule has 0 heterocycles. The molecule has 0 amide bonds. The van der Waals surface area contributed by atoms with Crippen LogP contribution in [0.1, 0.15) is 11.1 Å². The van der Waals surface area contributed by atoms with E-state index < -0.39 is 19.7 Å². The predicted octanol–water partition coefficient (Wildman–Crippen LogP) is 5.76. The first-order valence-corrected chi connectivity index (χ1v) is 9.10. The van der Waals surface area contributed by atoms with Crippen LogP contribution in [0, 0.1) is 0 Å². The van der Waals surface area contributed by atoms with E-state index in [0.717, 1.165) is 28.4 Å². The predicted molar refractivity (Wildman–Crippen MR) is 101 cm³/mol. The smallest absolute Gasteiger partial charge is 0.166 e. The minimum absolute atomic E-state index is 0. The standard InChI is InChI=1S/C20H16F3P.ClH/c21-20(22,23)17-10-7-13-19(14-17)24(18-11-5-2-6-12-18)15-16-8-3-1-4-9-16;/h1-14H,15H2;1H. The van der Waals surface area contributed by atoms with Gasteiger partial charge in [0.1, 0.15) is 0 Å². The first kappa shape index (κ1) is 19.5. The fraction of sp³-hybridized carbons (Fsp3) is 0.100. The summed E-state index contributed by atoms with van der Waals surface area (Å²) in [5.74, 6) is 0. The van der Waals surface area contributed by atoms with Gasteiger partial charge in [0, 0.05) is 6.16 Å². The van der Waals surface area contributed by atoms with Crippen molar-refractivity contribution < 1.29 is 13.2 Å². The van der Waals surface area contributed by atoms with Gasteiger partial charge in [0.2, 0.25) is 0 Å². The van der Waals surface area contributed by atoms with Crippen LogP contribution in [0.3, 0.4) is 0 Å². The van der Waals surface area contributed by atoms with Crippen molar-refractivity contribution in [1.29, 1.82) is 0 Å². The highest BCUT2D eigenvalue weighted by Crippen LogP contribution is 2.39. The third kappa shape index (κ3) is 5.07. The average molecular weight is 381 g/mol. The molecule has 0 N–H and O–H groups in total. The van der Waals surface area contributed by atoms with Gasteiger partial charge in [0.05, 0.1) is 5.56 Å². The largest absolute Gasteiger partial charge is 0.416 e. The maximum absolute atomic E-state index is 13.1. The van der Waals surface area contributed by atoms with E-state index in [1.807, 2.05) is 60.7 Å². The molecule has 0 aromatic heterocycles. The zero-order valence-corrected chi connectivity index (χ0v) is 15.0. The maximum atomic E-state index is 13.1. The van der Waals surface area contributed by atoms with Gasteiger partial charge in [0.25, 0.3) is 0 Å². The van der Waals surface area contributed by atoms with Crippen LogP contribution >= 0.6 is 20.3 Å². The quantitative estimate of drug-likeness (QED) is 0.505. The molecule has 0 saturated carbocycles. The molecule has 0 fully saturated rings. The van der Waals surface area contributed by atoms with E-state index in [2.05, 4.69) is 0 Å². The Bertz CT molecular complexity index is 789. The van der Waals surface area contributed by atoms with Gasteiger partial charge in [-0.2, -0.15) is 13.2 Å². The summed E-state index contributed by atoms with van der Waals surface area (Å²) in [7, 11) is -0.891. The molecule has 0 aliphatic heterocycles. The van der Waals surface area contributed by atoms with Gasteiger partial charge in [-0.15, -0.1) is 12.4 Å². The summed E-state index contributed by atoms with van der Waals surface area (Å²) in [6, 6.07) is 25.4. The van der Waals surface area contributed by atoms with Gasteiger partial charge in [-0.3, -0.25) is 0 Å². The minimum Gasteiger partial charge on any atom is -0.166 e. The molecule has 0 radical (unpaired) electrons. The summed E-state index contributed by atoms with van der Waals surface area (Å²) in [4.78, 5) is 0. The molecule has 1 unspecified atom stereocenters. The molecule has 0 aliphatic rings. The summed E-state index contributed by atoms with van der Waals surface area (Å²) in [5.41, 5.74) is 0.543. The molecule has 0 spiro atoms. The average Bonchev–Trinajstić information content (AvgIpc) is 2.61.